The number of amides is 2. The van der Waals surface area contributed by atoms with Crippen molar-refractivity contribution in [3.8, 4) is 0 Å². The Labute approximate surface area is 128 Å². The minimum atomic E-state index is -0.139. The summed E-state index contributed by atoms with van der Waals surface area (Å²) in [6, 6.07) is 8.19. The quantitative estimate of drug-likeness (QED) is 0.680. The summed E-state index contributed by atoms with van der Waals surface area (Å²) in [6.07, 6.45) is 2.19. The molecule has 0 fully saturated rings. The first-order chi connectivity index (χ1) is 10.1. The van der Waals surface area contributed by atoms with E-state index in [2.05, 4.69) is 55.8 Å². The Morgan fingerprint density at radius 1 is 1.14 bits per heavy atom. The number of carbonyl (C=O) groups is 1. The lowest BCUT2D eigenvalue weighted by molar-refractivity contribution is 0.250. The average molecular weight is 291 g/mol. The van der Waals surface area contributed by atoms with Crippen LogP contribution in [0.15, 0.2) is 24.3 Å². The van der Waals surface area contributed by atoms with Crippen LogP contribution in [0.3, 0.4) is 0 Å². The molecule has 4 heteroatoms. The Hall–Kier alpha value is -1.55. The second kappa shape index (κ2) is 9.40. The van der Waals surface area contributed by atoms with Gasteiger partial charge in [0, 0.05) is 18.3 Å². The zero-order valence-electron chi connectivity index (χ0n) is 13.7. The molecule has 2 atom stereocenters. The van der Waals surface area contributed by atoms with Crippen LogP contribution < -0.4 is 16.0 Å². The zero-order valence-corrected chi connectivity index (χ0v) is 13.7. The van der Waals surface area contributed by atoms with Gasteiger partial charge in [-0.25, -0.2) is 4.79 Å². The molecular weight excluding hydrogens is 262 g/mol. The van der Waals surface area contributed by atoms with Crippen molar-refractivity contribution in [2.75, 3.05) is 18.4 Å². The first-order valence-electron chi connectivity index (χ1n) is 7.95. The third-order valence-corrected chi connectivity index (χ3v) is 3.68. The maximum atomic E-state index is 11.8. The van der Waals surface area contributed by atoms with Gasteiger partial charge in [-0.3, -0.25) is 0 Å². The van der Waals surface area contributed by atoms with Crippen molar-refractivity contribution < 1.29 is 4.79 Å². The summed E-state index contributed by atoms with van der Waals surface area (Å²) >= 11 is 0. The maximum Gasteiger partial charge on any atom is 0.319 e. The Morgan fingerprint density at radius 2 is 1.81 bits per heavy atom. The molecule has 0 radical (unpaired) electrons. The van der Waals surface area contributed by atoms with Crippen molar-refractivity contribution in [1.29, 1.82) is 0 Å². The number of carbonyl (C=O) groups excluding carboxylic acids is 1. The lowest BCUT2D eigenvalue weighted by Crippen LogP contribution is -2.32. The molecule has 0 spiro atoms. The van der Waals surface area contributed by atoms with Crippen molar-refractivity contribution >= 4 is 11.7 Å². The van der Waals surface area contributed by atoms with E-state index >= 15 is 0 Å². The summed E-state index contributed by atoms with van der Waals surface area (Å²) < 4.78 is 0. The van der Waals surface area contributed by atoms with Crippen molar-refractivity contribution in [3.05, 3.63) is 29.8 Å². The second-order valence-electron chi connectivity index (χ2n) is 5.65. The van der Waals surface area contributed by atoms with E-state index in [1.807, 2.05) is 12.1 Å². The Morgan fingerprint density at radius 3 is 2.38 bits per heavy atom. The molecule has 2 amide bonds. The van der Waals surface area contributed by atoms with Gasteiger partial charge >= 0.3 is 6.03 Å². The molecule has 0 saturated heterocycles. The van der Waals surface area contributed by atoms with Gasteiger partial charge in [0.2, 0.25) is 0 Å². The van der Waals surface area contributed by atoms with E-state index in [1.54, 1.807) is 0 Å². The van der Waals surface area contributed by atoms with Gasteiger partial charge in [-0.2, -0.15) is 0 Å². The molecule has 3 N–H and O–H groups in total. The minimum absolute atomic E-state index is 0.139. The van der Waals surface area contributed by atoms with Crippen LogP contribution in [0.1, 0.15) is 52.1 Å². The molecule has 21 heavy (non-hydrogen) atoms. The standard InChI is InChI=1S/C17H29N3O/c1-5-11-18-14(4)15-7-9-16(10-8-15)20-17(21)19-12-13(3)6-2/h7-10,13-14,18H,5-6,11-12H2,1-4H3,(H2,19,20,21). The highest BCUT2D eigenvalue weighted by Gasteiger charge is 2.06. The highest BCUT2D eigenvalue weighted by molar-refractivity contribution is 5.89. The summed E-state index contributed by atoms with van der Waals surface area (Å²) in [6.45, 7) is 10.3. The third kappa shape index (κ3) is 6.63. The molecule has 118 valence electrons. The summed E-state index contributed by atoms with van der Waals surface area (Å²) in [5.41, 5.74) is 2.05. The SMILES string of the molecule is CCCNC(C)c1ccc(NC(=O)NCC(C)CC)cc1. The predicted molar refractivity (Wildman–Crippen MR) is 89.6 cm³/mol. The van der Waals surface area contributed by atoms with E-state index in [1.165, 1.54) is 5.56 Å². The van der Waals surface area contributed by atoms with Crippen molar-refractivity contribution in [2.45, 2.75) is 46.6 Å². The monoisotopic (exact) mass is 291 g/mol. The molecule has 4 nitrogen and oxygen atoms in total. The number of nitrogens with one attached hydrogen (secondary N) is 3. The molecule has 0 aromatic heterocycles. The first kappa shape index (κ1) is 17.5. The van der Waals surface area contributed by atoms with Crippen LogP contribution in [0.2, 0.25) is 0 Å². The first-order valence-corrected chi connectivity index (χ1v) is 7.95. The predicted octanol–water partition coefficient (Wildman–Crippen LogP) is 3.91. The van der Waals surface area contributed by atoms with Gasteiger partial charge in [0.15, 0.2) is 0 Å². The van der Waals surface area contributed by atoms with Gasteiger partial charge in [-0.05, 0) is 43.5 Å². The van der Waals surface area contributed by atoms with Gasteiger partial charge in [-0.15, -0.1) is 0 Å². The Kier molecular flexibility index (Phi) is 7.83. The van der Waals surface area contributed by atoms with E-state index < -0.39 is 0 Å². The normalized spacial score (nSPS) is 13.5. The van der Waals surface area contributed by atoms with Gasteiger partial charge in [0.25, 0.3) is 0 Å². The largest absolute Gasteiger partial charge is 0.338 e. The molecule has 1 rings (SSSR count). The summed E-state index contributed by atoms with van der Waals surface area (Å²) in [7, 11) is 0. The topological polar surface area (TPSA) is 53.2 Å². The van der Waals surface area contributed by atoms with Crippen molar-refractivity contribution in [3.63, 3.8) is 0 Å². The van der Waals surface area contributed by atoms with E-state index in [9.17, 15) is 4.79 Å². The molecule has 2 unspecified atom stereocenters. The molecule has 0 bridgehead atoms. The Balaban J connectivity index is 2.45. The van der Waals surface area contributed by atoms with Crippen LogP contribution in [0.4, 0.5) is 10.5 Å². The molecule has 0 aliphatic carbocycles. The molecule has 0 aliphatic rings. The van der Waals surface area contributed by atoms with Crippen LogP contribution >= 0.6 is 0 Å². The fraction of sp³-hybridized carbons (Fsp3) is 0.588. The van der Waals surface area contributed by atoms with Crippen LogP contribution in [-0.4, -0.2) is 19.1 Å². The van der Waals surface area contributed by atoms with Crippen molar-refractivity contribution in [2.24, 2.45) is 5.92 Å². The molecule has 0 heterocycles. The smallest absolute Gasteiger partial charge is 0.319 e. The summed E-state index contributed by atoms with van der Waals surface area (Å²) in [4.78, 5) is 11.8. The second-order valence-corrected chi connectivity index (χ2v) is 5.65. The Bertz CT molecular complexity index is 417. The summed E-state index contributed by atoms with van der Waals surface area (Å²) in [5.74, 6) is 0.503. The number of hydrogen-bond donors (Lipinski definition) is 3. The van der Waals surface area contributed by atoms with Crippen LogP contribution in [0, 0.1) is 5.92 Å². The average Bonchev–Trinajstić information content (AvgIpc) is 2.50. The van der Waals surface area contributed by atoms with Gasteiger partial charge in [0.1, 0.15) is 0 Å². The zero-order chi connectivity index (χ0) is 15.7. The number of anilines is 1. The van der Waals surface area contributed by atoms with Crippen molar-refractivity contribution in [1.82, 2.24) is 10.6 Å². The molecule has 1 aromatic rings. The fourth-order valence-electron chi connectivity index (χ4n) is 1.92. The highest BCUT2D eigenvalue weighted by Crippen LogP contribution is 2.16. The lowest BCUT2D eigenvalue weighted by Gasteiger charge is -2.15. The lowest BCUT2D eigenvalue weighted by atomic mass is 10.1. The van der Waals surface area contributed by atoms with Crippen LogP contribution in [0.5, 0.6) is 0 Å². The molecule has 0 saturated carbocycles. The summed E-state index contributed by atoms with van der Waals surface area (Å²) in [5, 5.41) is 9.19. The van der Waals surface area contributed by atoms with E-state index in [-0.39, 0.29) is 6.03 Å². The molecule has 0 aliphatic heterocycles. The van der Waals surface area contributed by atoms with Gasteiger partial charge in [0.05, 0.1) is 0 Å². The van der Waals surface area contributed by atoms with Gasteiger partial charge < -0.3 is 16.0 Å². The van der Waals surface area contributed by atoms with E-state index in [0.717, 1.165) is 25.1 Å². The van der Waals surface area contributed by atoms with Crippen LogP contribution in [0.25, 0.3) is 0 Å². The minimum Gasteiger partial charge on any atom is -0.338 e. The number of rotatable bonds is 8. The van der Waals surface area contributed by atoms with E-state index in [0.29, 0.717) is 18.5 Å². The number of urea groups is 1. The van der Waals surface area contributed by atoms with Gasteiger partial charge in [-0.1, -0.05) is 39.3 Å². The third-order valence-electron chi connectivity index (χ3n) is 3.68. The highest BCUT2D eigenvalue weighted by atomic mass is 16.2. The molecular formula is C17H29N3O. The maximum absolute atomic E-state index is 11.8. The number of benzene rings is 1. The molecule has 1 aromatic carbocycles. The number of hydrogen-bond acceptors (Lipinski definition) is 2. The van der Waals surface area contributed by atoms with Crippen LogP contribution in [-0.2, 0) is 0 Å². The van der Waals surface area contributed by atoms with E-state index in [4.69, 9.17) is 0 Å². The fourth-order valence-corrected chi connectivity index (χ4v) is 1.92.